The Morgan fingerprint density at radius 1 is 1.16 bits per heavy atom. The normalized spacial score (nSPS) is 20.7. The van der Waals surface area contributed by atoms with Crippen LogP contribution in [0.5, 0.6) is 0 Å². The molecule has 0 unspecified atom stereocenters. The zero-order chi connectivity index (χ0) is 18.0. The van der Waals surface area contributed by atoms with Gasteiger partial charge in [0.15, 0.2) is 0 Å². The van der Waals surface area contributed by atoms with Crippen LogP contribution in [0, 0.1) is 10.1 Å². The van der Waals surface area contributed by atoms with Crippen LogP contribution in [0.25, 0.3) is 0 Å². The summed E-state index contributed by atoms with van der Waals surface area (Å²) in [5.41, 5.74) is 0.219. The minimum absolute atomic E-state index is 0.0132. The number of likely N-dealkylation sites (N-methyl/N-ethyl adjacent to an activating group) is 1. The van der Waals surface area contributed by atoms with Gasteiger partial charge < -0.3 is 10.2 Å². The van der Waals surface area contributed by atoms with Gasteiger partial charge >= 0.3 is 0 Å². The van der Waals surface area contributed by atoms with Crippen LogP contribution in [-0.2, 0) is 10.0 Å². The third-order valence-electron chi connectivity index (χ3n) is 4.98. The minimum atomic E-state index is -3.71. The standard InChI is InChI=1S/C16H24N4O4S/c1-18-8-10-19(11-9-18)25(23,24)14-6-7-15(16(12-14)20(21)22)17-13-4-2-3-5-13/h6-7,12-13,17H,2-5,8-11H2,1H3. The van der Waals surface area contributed by atoms with Crippen molar-refractivity contribution in [3.8, 4) is 0 Å². The first-order chi connectivity index (χ1) is 11.9. The van der Waals surface area contributed by atoms with Crippen LogP contribution in [0.2, 0.25) is 0 Å². The highest BCUT2D eigenvalue weighted by Crippen LogP contribution is 2.32. The van der Waals surface area contributed by atoms with Gasteiger partial charge in [0.2, 0.25) is 10.0 Å². The molecule has 1 N–H and O–H groups in total. The first-order valence-corrected chi connectivity index (χ1v) is 10.1. The van der Waals surface area contributed by atoms with Crippen LogP contribution < -0.4 is 5.32 Å². The van der Waals surface area contributed by atoms with Crippen LogP contribution in [0.15, 0.2) is 23.1 Å². The number of nitrogens with zero attached hydrogens (tertiary/aromatic N) is 3. The van der Waals surface area contributed by atoms with Crippen molar-refractivity contribution in [1.29, 1.82) is 0 Å². The number of sulfonamides is 1. The maximum absolute atomic E-state index is 12.8. The average Bonchev–Trinajstić information content (AvgIpc) is 3.08. The third kappa shape index (κ3) is 3.94. The molecule has 8 nitrogen and oxygen atoms in total. The number of hydrogen-bond donors (Lipinski definition) is 1. The fraction of sp³-hybridized carbons (Fsp3) is 0.625. The Hall–Kier alpha value is -1.71. The lowest BCUT2D eigenvalue weighted by Crippen LogP contribution is -2.47. The molecular formula is C16H24N4O4S. The summed E-state index contributed by atoms with van der Waals surface area (Å²) >= 11 is 0. The Kier molecular flexibility index (Phi) is 5.26. The second-order valence-electron chi connectivity index (χ2n) is 6.77. The van der Waals surface area contributed by atoms with Crippen molar-refractivity contribution in [2.45, 2.75) is 36.6 Å². The number of anilines is 1. The van der Waals surface area contributed by atoms with Gasteiger partial charge in [-0.3, -0.25) is 10.1 Å². The minimum Gasteiger partial charge on any atom is -0.377 e. The molecule has 1 saturated carbocycles. The molecule has 2 aliphatic rings. The number of nitrogens with one attached hydrogen (secondary N) is 1. The van der Waals surface area contributed by atoms with Crippen LogP contribution >= 0.6 is 0 Å². The molecule has 0 spiro atoms. The zero-order valence-electron chi connectivity index (χ0n) is 14.3. The smallest absolute Gasteiger partial charge is 0.293 e. The lowest BCUT2D eigenvalue weighted by Gasteiger charge is -2.31. The molecule has 1 aliphatic heterocycles. The Morgan fingerprint density at radius 3 is 2.40 bits per heavy atom. The molecule has 25 heavy (non-hydrogen) atoms. The van der Waals surface area contributed by atoms with Crippen molar-refractivity contribution in [2.75, 3.05) is 38.5 Å². The van der Waals surface area contributed by atoms with Crippen molar-refractivity contribution in [3.63, 3.8) is 0 Å². The highest BCUT2D eigenvalue weighted by molar-refractivity contribution is 7.89. The van der Waals surface area contributed by atoms with E-state index >= 15 is 0 Å². The Morgan fingerprint density at radius 2 is 1.80 bits per heavy atom. The number of piperazine rings is 1. The second-order valence-corrected chi connectivity index (χ2v) is 8.71. The van der Waals surface area contributed by atoms with Gasteiger partial charge in [0.1, 0.15) is 5.69 Å². The topological polar surface area (TPSA) is 95.8 Å². The fourth-order valence-corrected chi connectivity index (χ4v) is 4.86. The van der Waals surface area contributed by atoms with Gasteiger partial charge in [-0.25, -0.2) is 8.42 Å². The van der Waals surface area contributed by atoms with Gasteiger partial charge in [-0.2, -0.15) is 4.31 Å². The van der Waals surface area contributed by atoms with E-state index in [9.17, 15) is 18.5 Å². The fourth-order valence-electron chi connectivity index (χ4n) is 3.41. The number of rotatable bonds is 5. The van der Waals surface area contributed by atoms with E-state index in [-0.39, 0.29) is 16.6 Å². The number of nitro benzene ring substituents is 1. The predicted molar refractivity (Wildman–Crippen MR) is 95.2 cm³/mol. The molecular weight excluding hydrogens is 344 g/mol. The molecule has 1 heterocycles. The summed E-state index contributed by atoms with van der Waals surface area (Å²) < 4.78 is 27.0. The van der Waals surface area contributed by atoms with Crippen molar-refractivity contribution in [3.05, 3.63) is 28.3 Å². The van der Waals surface area contributed by atoms with Gasteiger partial charge in [-0.15, -0.1) is 0 Å². The first-order valence-electron chi connectivity index (χ1n) is 8.61. The summed E-state index contributed by atoms with van der Waals surface area (Å²) in [6.45, 7) is 2.11. The van der Waals surface area contributed by atoms with Crippen LogP contribution in [0.1, 0.15) is 25.7 Å². The second kappa shape index (κ2) is 7.27. The Bertz CT molecular complexity index is 739. The molecule has 3 rings (SSSR count). The van der Waals surface area contributed by atoms with E-state index in [1.165, 1.54) is 22.5 Å². The van der Waals surface area contributed by atoms with Gasteiger partial charge in [0, 0.05) is 38.3 Å². The van der Waals surface area contributed by atoms with Crippen LogP contribution in [0.4, 0.5) is 11.4 Å². The first kappa shape index (κ1) is 18.1. The maximum atomic E-state index is 12.8. The molecule has 9 heteroatoms. The molecule has 0 bridgehead atoms. The summed E-state index contributed by atoms with van der Waals surface area (Å²) in [5.74, 6) is 0. The van der Waals surface area contributed by atoms with Gasteiger partial charge in [0.25, 0.3) is 5.69 Å². The third-order valence-corrected chi connectivity index (χ3v) is 6.88. The molecule has 1 aromatic carbocycles. The SMILES string of the molecule is CN1CCN(S(=O)(=O)c2ccc(NC3CCCC3)c([N+](=O)[O-])c2)CC1. The van der Waals surface area contributed by atoms with E-state index in [4.69, 9.17) is 0 Å². The maximum Gasteiger partial charge on any atom is 0.293 e. The summed E-state index contributed by atoms with van der Waals surface area (Å²) in [6.07, 6.45) is 4.19. The molecule has 1 saturated heterocycles. The van der Waals surface area contributed by atoms with E-state index in [1.807, 2.05) is 7.05 Å². The van der Waals surface area contributed by atoms with Crippen molar-refractivity contribution in [2.24, 2.45) is 0 Å². The Labute approximate surface area is 148 Å². The molecule has 1 aliphatic carbocycles. The zero-order valence-corrected chi connectivity index (χ0v) is 15.2. The van der Waals surface area contributed by atoms with E-state index in [1.54, 1.807) is 0 Å². The van der Waals surface area contributed by atoms with E-state index in [0.717, 1.165) is 25.7 Å². The summed E-state index contributed by atoms with van der Waals surface area (Å²) in [6, 6.07) is 4.40. The number of hydrogen-bond acceptors (Lipinski definition) is 6. The molecule has 1 aromatic rings. The van der Waals surface area contributed by atoms with Crippen LogP contribution in [0.3, 0.4) is 0 Å². The highest BCUT2D eigenvalue weighted by atomic mass is 32.2. The summed E-state index contributed by atoms with van der Waals surface area (Å²) in [4.78, 5) is 13.0. The highest BCUT2D eigenvalue weighted by Gasteiger charge is 2.30. The van der Waals surface area contributed by atoms with Crippen molar-refractivity contribution < 1.29 is 13.3 Å². The van der Waals surface area contributed by atoms with Crippen molar-refractivity contribution >= 4 is 21.4 Å². The molecule has 0 radical (unpaired) electrons. The Balaban J connectivity index is 1.86. The van der Waals surface area contributed by atoms with Gasteiger partial charge in [-0.1, -0.05) is 12.8 Å². The lowest BCUT2D eigenvalue weighted by molar-refractivity contribution is -0.384. The lowest BCUT2D eigenvalue weighted by atomic mass is 10.2. The van der Waals surface area contributed by atoms with E-state index < -0.39 is 14.9 Å². The van der Waals surface area contributed by atoms with E-state index in [0.29, 0.717) is 31.9 Å². The van der Waals surface area contributed by atoms with E-state index in [2.05, 4.69) is 10.2 Å². The monoisotopic (exact) mass is 368 g/mol. The molecule has 0 aromatic heterocycles. The summed E-state index contributed by atoms with van der Waals surface area (Å²) in [7, 11) is -1.77. The largest absolute Gasteiger partial charge is 0.377 e. The van der Waals surface area contributed by atoms with Crippen molar-refractivity contribution in [1.82, 2.24) is 9.21 Å². The number of benzene rings is 1. The predicted octanol–water partition coefficient (Wildman–Crippen LogP) is 1.89. The van der Waals surface area contributed by atoms with Crippen LogP contribution in [-0.4, -0.2) is 61.8 Å². The van der Waals surface area contributed by atoms with Gasteiger partial charge in [-0.05, 0) is 32.0 Å². The quantitative estimate of drug-likeness (QED) is 0.630. The molecule has 2 fully saturated rings. The number of nitro groups is 1. The van der Waals surface area contributed by atoms with Gasteiger partial charge in [0.05, 0.1) is 9.82 Å². The molecule has 0 atom stereocenters. The molecule has 138 valence electrons. The molecule has 0 amide bonds. The average molecular weight is 368 g/mol. The summed E-state index contributed by atoms with van der Waals surface area (Å²) in [5, 5.41) is 14.6.